The maximum absolute atomic E-state index is 12.3. The zero-order valence-electron chi connectivity index (χ0n) is 12.1. The zero-order valence-corrected chi connectivity index (χ0v) is 15.4. The van der Waals surface area contributed by atoms with Gasteiger partial charge in [-0.15, -0.1) is 12.4 Å². The molecule has 0 aliphatic heterocycles. The number of unbranched alkanes of at least 4 members (excludes halogenated alkanes) is 1. The Bertz CT molecular complexity index is 540. The van der Waals surface area contributed by atoms with E-state index in [9.17, 15) is 8.42 Å². The SMILES string of the molecule is CCCCC(CN)NS(=O)(=O)c1ccc(OC)c(Br)c1.Cl. The van der Waals surface area contributed by atoms with Gasteiger partial charge in [-0.25, -0.2) is 13.1 Å². The lowest BCUT2D eigenvalue weighted by atomic mass is 10.1. The minimum atomic E-state index is -3.57. The van der Waals surface area contributed by atoms with Crippen LogP contribution in [0.2, 0.25) is 0 Å². The topological polar surface area (TPSA) is 81.4 Å². The lowest BCUT2D eigenvalue weighted by Gasteiger charge is -2.17. The first-order chi connectivity index (χ1) is 9.44. The highest BCUT2D eigenvalue weighted by Crippen LogP contribution is 2.27. The Morgan fingerprint density at radius 3 is 2.57 bits per heavy atom. The monoisotopic (exact) mass is 400 g/mol. The third-order valence-electron chi connectivity index (χ3n) is 2.95. The molecule has 122 valence electrons. The largest absolute Gasteiger partial charge is 0.496 e. The molecule has 0 heterocycles. The Labute approximate surface area is 141 Å². The third kappa shape index (κ3) is 6.12. The van der Waals surface area contributed by atoms with Gasteiger partial charge in [0.15, 0.2) is 0 Å². The lowest BCUT2D eigenvalue weighted by Crippen LogP contribution is -2.40. The lowest BCUT2D eigenvalue weighted by molar-refractivity contribution is 0.411. The third-order valence-corrected chi connectivity index (χ3v) is 5.08. The summed E-state index contributed by atoms with van der Waals surface area (Å²) in [5.41, 5.74) is 5.62. The van der Waals surface area contributed by atoms with Gasteiger partial charge in [-0.1, -0.05) is 19.8 Å². The molecule has 1 unspecified atom stereocenters. The summed E-state index contributed by atoms with van der Waals surface area (Å²) in [5, 5.41) is 0. The van der Waals surface area contributed by atoms with Crippen molar-refractivity contribution in [2.75, 3.05) is 13.7 Å². The molecule has 21 heavy (non-hydrogen) atoms. The Morgan fingerprint density at radius 1 is 1.43 bits per heavy atom. The summed E-state index contributed by atoms with van der Waals surface area (Å²) < 4.78 is 32.9. The molecule has 3 N–H and O–H groups in total. The number of sulfonamides is 1. The van der Waals surface area contributed by atoms with E-state index in [1.807, 2.05) is 0 Å². The second-order valence-corrected chi connectivity index (χ2v) is 7.06. The van der Waals surface area contributed by atoms with E-state index in [1.54, 1.807) is 6.07 Å². The van der Waals surface area contributed by atoms with Crippen LogP contribution < -0.4 is 15.2 Å². The molecule has 0 fully saturated rings. The van der Waals surface area contributed by atoms with Gasteiger partial charge < -0.3 is 10.5 Å². The molecule has 0 amide bonds. The van der Waals surface area contributed by atoms with Gasteiger partial charge in [0.2, 0.25) is 10.0 Å². The first kappa shape index (κ1) is 20.7. The Kier molecular flexibility index (Phi) is 9.48. The summed E-state index contributed by atoms with van der Waals surface area (Å²) in [7, 11) is -2.04. The minimum absolute atomic E-state index is 0. The quantitative estimate of drug-likeness (QED) is 0.701. The van der Waals surface area contributed by atoms with Crippen LogP contribution in [-0.4, -0.2) is 28.1 Å². The van der Waals surface area contributed by atoms with Crippen molar-refractivity contribution in [1.82, 2.24) is 4.72 Å². The molecule has 1 aromatic carbocycles. The van der Waals surface area contributed by atoms with E-state index in [1.165, 1.54) is 19.2 Å². The molecule has 8 heteroatoms. The molecular formula is C13H22BrClN2O3S. The summed E-state index contributed by atoms with van der Waals surface area (Å²) in [5.74, 6) is 0.588. The van der Waals surface area contributed by atoms with Crippen LogP contribution in [0.25, 0.3) is 0 Å². The van der Waals surface area contributed by atoms with Crippen LogP contribution in [-0.2, 0) is 10.0 Å². The summed E-state index contributed by atoms with van der Waals surface area (Å²) >= 11 is 3.28. The first-order valence-corrected chi connectivity index (χ1v) is 8.78. The van der Waals surface area contributed by atoms with E-state index in [-0.39, 0.29) is 29.9 Å². The Balaban J connectivity index is 0.00000400. The summed E-state index contributed by atoms with van der Waals surface area (Å²) in [6.45, 7) is 2.35. The number of nitrogens with two attached hydrogens (primary N) is 1. The van der Waals surface area contributed by atoms with Gasteiger partial charge >= 0.3 is 0 Å². The van der Waals surface area contributed by atoms with E-state index in [2.05, 4.69) is 27.6 Å². The second kappa shape index (κ2) is 9.63. The minimum Gasteiger partial charge on any atom is -0.496 e. The number of methoxy groups -OCH3 is 1. The molecule has 0 saturated heterocycles. The van der Waals surface area contributed by atoms with E-state index in [0.29, 0.717) is 10.2 Å². The molecule has 0 radical (unpaired) electrons. The van der Waals surface area contributed by atoms with Crippen molar-refractivity contribution in [2.24, 2.45) is 5.73 Å². The average molecular weight is 402 g/mol. The van der Waals surface area contributed by atoms with Crippen LogP contribution in [0.5, 0.6) is 5.75 Å². The molecule has 0 bridgehead atoms. The predicted octanol–water partition coefficient (Wildman–Crippen LogP) is 2.68. The standard InChI is InChI=1S/C13H21BrN2O3S.ClH/c1-3-4-5-10(9-15)16-20(17,18)11-6-7-13(19-2)12(14)8-11;/h6-8,10,16H,3-5,9,15H2,1-2H3;1H. The Morgan fingerprint density at radius 2 is 2.10 bits per heavy atom. The number of halogens is 2. The molecule has 1 atom stereocenters. The van der Waals surface area contributed by atoms with Crippen LogP contribution in [0.3, 0.4) is 0 Å². The second-order valence-electron chi connectivity index (χ2n) is 4.49. The van der Waals surface area contributed by atoms with Gasteiger partial charge in [0.25, 0.3) is 0 Å². The maximum Gasteiger partial charge on any atom is 0.240 e. The number of hydrogen-bond donors (Lipinski definition) is 2. The van der Waals surface area contributed by atoms with Gasteiger partial charge in [0.05, 0.1) is 16.5 Å². The number of hydrogen-bond acceptors (Lipinski definition) is 4. The van der Waals surface area contributed by atoms with Crippen molar-refractivity contribution >= 4 is 38.4 Å². The Hall–Kier alpha value is -0.340. The number of rotatable bonds is 8. The van der Waals surface area contributed by atoms with Crippen LogP contribution in [0.4, 0.5) is 0 Å². The number of ether oxygens (including phenoxy) is 1. The van der Waals surface area contributed by atoms with Crippen molar-refractivity contribution in [2.45, 2.75) is 37.1 Å². The highest BCUT2D eigenvalue weighted by atomic mass is 79.9. The molecule has 1 aromatic rings. The molecular weight excluding hydrogens is 380 g/mol. The molecule has 0 spiro atoms. The van der Waals surface area contributed by atoms with Crippen molar-refractivity contribution in [1.29, 1.82) is 0 Å². The van der Waals surface area contributed by atoms with Gasteiger partial charge in [-0.05, 0) is 40.5 Å². The van der Waals surface area contributed by atoms with Gasteiger partial charge in [-0.2, -0.15) is 0 Å². The van der Waals surface area contributed by atoms with Gasteiger partial charge in [0.1, 0.15) is 5.75 Å². The normalized spacial score (nSPS) is 12.6. The van der Waals surface area contributed by atoms with Gasteiger partial charge in [0, 0.05) is 12.6 Å². The van der Waals surface area contributed by atoms with Crippen molar-refractivity contribution < 1.29 is 13.2 Å². The molecule has 5 nitrogen and oxygen atoms in total. The number of nitrogens with one attached hydrogen (secondary N) is 1. The van der Waals surface area contributed by atoms with Crippen molar-refractivity contribution in [3.63, 3.8) is 0 Å². The summed E-state index contributed by atoms with van der Waals surface area (Å²) in [4.78, 5) is 0.195. The van der Waals surface area contributed by atoms with Crippen LogP contribution >= 0.6 is 28.3 Å². The highest BCUT2D eigenvalue weighted by molar-refractivity contribution is 9.10. The van der Waals surface area contributed by atoms with E-state index >= 15 is 0 Å². The smallest absolute Gasteiger partial charge is 0.240 e. The first-order valence-electron chi connectivity index (χ1n) is 6.50. The van der Waals surface area contributed by atoms with E-state index in [0.717, 1.165) is 19.3 Å². The summed E-state index contributed by atoms with van der Waals surface area (Å²) in [6, 6.07) is 4.41. The zero-order chi connectivity index (χ0) is 15.2. The maximum atomic E-state index is 12.3. The molecule has 1 rings (SSSR count). The fourth-order valence-corrected chi connectivity index (χ4v) is 3.78. The van der Waals surface area contributed by atoms with Crippen molar-refractivity contribution in [3.8, 4) is 5.75 Å². The summed E-state index contributed by atoms with van der Waals surface area (Å²) in [6.07, 6.45) is 2.69. The average Bonchev–Trinajstić information content (AvgIpc) is 2.43. The molecule has 0 saturated carbocycles. The molecule has 0 aliphatic carbocycles. The number of benzene rings is 1. The van der Waals surface area contributed by atoms with Crippen molar-refractivity contribution in [3.05, 3.63) is 22.7 Å². The van der Waals surface area contributed by atoms with Gasteiger partial charge in [-0.3, -0.25) is 0 Å². The van der Waals surface area contributed by atoms with Crippen LogP contribution in [0.1, 0.15) is 26.2 Å². The predicted molar refractivity (Wildman–Crippen MR) is 90.6 cm³/mol. The molecule has 0 aromatic heterocycles. The van der Waals surface area contributed by atoms with Crippen LogP contribution in [0, 0.1) is 0 Å². The fourth-order valence-electron chi connectivity index (χ4n) is 1.78. The fraction of sp³-hybridized carbons (Fsp3) is 0.538. The van der Waals surface area contributed by atoms with Crippen LogP contribution in [0.15, 0.2) is 27.6 Å². The highest BCUT2D eigenvalue weighted by Gasteiger charge is 2.20. The van der Waals surface area contributed by atoms with E-state index in [4.69, 9.17) is 10.5 Å². The van der Waals surface area contributed by atoms with E-state index < -0.39 is 10.0 Å². The molecule has 0 aliphatic rings.